The summed E-state index contributed by atoms with van der Waals surface area (Å²) in [4.78, 5) is 11.3. The standard InChI is InChI=1S/C11H12N4O2/c1-7-2-4-8(5-3-7)15-6-9(16)10(14-15)11(17)13-12/h2-6,16H,12H2,1H3,(H,13,17). The second kappa shape index (κ2) is 4.26. The highest BCUT2D eigenvalue weighted by molar-refractivity contribution is 5.94. The van der Waals surface area contributed by atoms with Crippen molar-refractivity contribution in [3.63, 3.8) is 0 Å². The highest BCUT2D eigenvalue weighted by atomic mass is 16.3. The summed E-state index contributed by atoms with van der Waals surface area (Å²) in [5.74, 6) is 4.14. The molecule has 4 N–H and O–H groups in total. The fourth-order valence-electron chi connectivity index (χ4n) is 1.42. The molecule has 6 nitrogen and oxygen atoms in total. The molecule has 0 aliphatic rings. The van der Waals surface area contributed by atoms with E-state index in [1.54, 1.807) is 0 Å². The van der Waals surface area contributed by atoms with Crippen LogP contribution in [0.15, 0.2) is 30.5 Å². The van der Waals surface area contributed by atoms with Crippen LogP contribution < -0.4 is 11.3 Å². The minimum Gasteiger partial charge on any atom is -0.504 e. The van der Waals surface area contributed by atoms with E-state index in [2.05, 4.69) is 5.10 Å². The van der Waals surface area contributed by atoms with Crippen LogP contribution in [0, 0.1) is 6.92 Å². The van der Waals surface area contributed by atoms with E-state index in [9.17, 15) is 9.90 Å². The Hall–Kier alpha value is -2.34. The summed E-state index contributed by atoms with van der Waals surface area (Å²) in [5, 5.41) is 13.5. The van der Waals surface area contributed by atoms with Gasteiger partial charge in [-0.1, -0.05) is 17.7 Å². The van der Waals surface area contributed by atoms with Crippen LogP contribution in [0.1, 0.15) is 16.1 Å². The third-order valence-electron chi connectivity index (χ3n) is 2.34. The highest BCUT2D eigenvalue weighted by Crippen LogP contribution is 2.18. The summed E-state index contributed by atoms with van der Waals surface area (Å²) in [6.45, 7) is 1.97. The van der Waals surface area contributed by atoms with E-state index in [1.165, 1.54) is 10.9 Å². The summed E-state index contributed by atoms with van der Waals surface area (Å²) < 4.78 is 1.42. The molecule has 1 amide bonds. The van der Waals surface area contributed by atoms with Gasteiger partial charge >= 0.3 is 0 Å². The van der Waals surface area contributed by atoms with Crippen LogP contribution in [0.2, 0.25) is 0 Å². The van der Waals surface area contributed by atoms with Crippen LogP contribution in [-0.2, 0) is 0 Å². The first-order chi connectivity index (χ1) is 8.11. The average Bonchev–Trinajstić information content (AvgIpc) is 2.71. The molecule has 0 saturated carbocycles. The zero-order chi connectivity index (χ0) is 12.4. The van der Waals surface area contributed by atoms with Crippen molar-refractivity contribution in [1.29, 1.82) is 0 Å². The summed E-state index contributed by atoms with van der Waals surface area (Å²) in [6, 6.07) is 7.51. The first-order valence-electron chi connectivity index (χ1n) is 4.98. The van der Waals surface area contributed by atoms with Crippen LogP contribution >= 0.6 is 0 Å². The van der Waals surface area contributed by atoms with Crippen molar-refractivity contribution in [1.82, 2.24) is 15.2 Å². The van der Waals surface area contributed by atoms with Gasteiger partial charge in [0.25, 0.3) is 5.91 Å². The molecule has 0 fully saturated rings. The number of benzene rings is 1. The number of rotatable bonds is 2. The number of nitrogens with one attached hydrogen (secondary N) is 1. The molecule has 6 heteroatoms. The lowest BCUT2D eigenvalue weighted by atomic mass is 10.2. The van der Waals surface area contributed by atoms with E-state index in [4.69, 9.17) is 5.84 Å². The van der Waals surface area contributed by atoms with Gasteiger partial charge in [-0.15, -0.1) is 0 Å². The first kappa shape index (κ1) is 11.2. The van der Waals surface area contributed by atoms with Gasteiger partial charge in [-0.2, -0.15) is 5.10 Å². The second-order valence-corrected chi connectivity index (χ2v) is 3.62. The SMILES string of the molecule is Cc1ccc(-n2cc(O)c(C(=O)NN)n2)cc1. The van der Waals surface area contributed by atoms with Gasteiger partial charge in [-0.05, 0) is 19.1 Å². The van der Waals surface area contributed by atoms with Gasteiger partial charge in [0.15, 0.2) is 11.4 Å². The number of hydrazine groups is 1. The maximum atomic E-state index is 11.3. The molecule has 1 heterocycles. The Balaban J connectivity index is 2.41. The van der Waals surface area contributed by atoms with E-state index in [1.807, 2.05) is 36.6 Å². The summed E-state index contributed by atoms with van der Waals surface area (Å²) in [6.07, 6.45) is 1.36. The van der Waals surface area contributed by atoms with Crippen LogP contribution in [-0.4, -0.2) is 20.8 Å². The monoisotopic (exact) mass is 232 g/mol. The number of hydrogen-bond donors (Lipinski definition) is 3. The maximum absolute atomic E-state index is 11.3. The predicted molar refractivity (Wildman–Crippen MR) is 61.6 cm³/mol. The van der Waals surface area contributed by atoms with E-state index in [0.29, 0.717) is 0 Å². The van der Waals surface area contributed by atoms with Crippen LogP contribution in [0.5, 0.6) is 5.75 Å². The minimum absolute atomic E-state index is 0.104. The van der Waals surface area contributed by atoms with Crippen molar-refractivity contribution in [2.24, 2.45) is 5.84 Å². The molecular formula is C11H12N4O2. The molecule has 0 atom stereocenters. The Morgan fingerprint density at radius 2 is 2.06 bits per heavy atom. The van der Waals surface area contributed by atoms with Crippen molar-refractivity contribution < 1.29 is 9.90 Å². The molecule has 0 radical (unpaired) electrons. The number of aryl methyl sites for hydroxylation is 1. The van der Waals surface area contributed by atoms with Gasteiger partial charge < -0.3 is 5.11 Å². The number of carbonyl (C=O) groups is 1. The van der Waals surface area contributed by atoms with Gasteiger partial charge in [0.05, 0.1) is 11.9 Å². The molecule has 0 saturated heterocycles. The smallest absolute Gasteiger partial charge is 0.289 e. The third kappa shape index (κ3) is 2.11. The number of carbonyl (C=O) groups excluding carboxylic acids is 1. The van der Waals surface area contributed by atoms with E-state index >= 15 is 0 Å². The van der Waals surface area contributed by atoms with E-state index in [0.717, 1.165) is 11.3 Å². The molecule has 0 aliphatic carbocycles. The Morgan fingerprint density at radius 3 is 2.65 bits per heavy atom. The minimum atomic E-state index is -0.631. The lowest BCUT2D eigenvalue weighted by Gasteiger charge is -2.00. The van der Waals surface area contributed by atoms with Crippen LogP contribution in [0.3, 0.4) is 0 Å². The Labute approximate surface area is 97.6 Å². The van der Waals surface area contributed by atoms with Crippen molar-refractivity contribution in [2.75, 3.05) is 0 Å². The average molecular weight is 232 g/mol. The summed E-state index contributed by atoms with van der Waals surface area (Å²) in [5.41, 5.74) is 3.69. The topological polar surface area (TPSA) is 93.2 Å². The first-order valence-corrected chi connectivity index (χ1v) is 4.98. The highest BCUT2D eigenvalue weighted by Gasteiger charge is 2.15. The summed E-state index contributed by atoms with van der Waals surface area (Å²) in [7, 11) is 0. The summed E-state index contributed by atoms with van der Waals surface area (Å²) >= 11 is 0. The molecule has 0 spiro atoms. The van der Waals surface area contributed by atoms with Gasteiger partial charge in [0.2, 0.25) is 0 Å². The van der Waals surface area contributed by atoms with E-state index in [-0.39, 0.29) is 11.4 Å². The zero-order valence-electron chi connectivity index (χ0n) is 9.21. The molecule has 0 aliphatic heterocycles. The number of aromatic nitrogens is 2. The molecule has 2 aromatic rings. The normalized spacial score (nSPS) is 10.2. The molecule has 0 unspecified atom stereocenters. The number of amides is 1. The molecular weight excluding hydrogens is 220 g/mol. The number of aromatic hydroxyl groups is 1. The third-order valence-corrected chi connectivity index (χ3v) is 2.34. The Kier molecular flexibility index (Phi) is 2.80. The van der Waals surface area contributed by atoms with Crippen molar-refractivity contribution in [2.45, 2.75) is 6.92 Å². The number of hydrogen-bond acceptors (Lipinski definition) is 4. The van der Waals surface area contributed by atoms with Crippen molar-refractivity contribution in [3.8, 4) is 11.4 Å². The molecule has 17 heavy (non-hydrogen) atoms. The Bertz CT molecular complexity index is 545. The zero-order valence-corrected chi connectivity index (χ0v) is 9.21. The van der Waals surface area contributed by atoms with E-state index < -0.39 is 5.91 Å². The lowest BCUT2D eigenvalue weighted by molar-refractivity contribution is 0.0945. The van der Waals surface area contributed by atoms with Crippen LogP contribution in [0.25, 0.3) is 5.69 Å². The number of nitrogen functional groups attached to an aromatic ring is 1. The van der Waals surface area contributed by atoms with Crippen molar-refractivity contribution >= 4 is 5.91 Å². The van der Waals surface area contributed by atoms with Crippen molar-refractivity contribution in [3.05, 3.63) is 41.7 Å². The predicted octanol–water partition coefficient (Wildman–Crippen LogP) is 0.490. The van der Waals surface area contributed by atoms with Crippen LogP contribution in [0.4, 0.5) is 0 Å². The molecule has 2 rings (SSSR count). The van der Waals surface area contributed by atoms with Gasteiger partial charge in [0.1, 0.15) is 0 Å². The number of nitrogens with zero attached hydrogens (tertiary/aromatic N) is 2. The Morgan fingerprint density at radius 1 is 1.41 bits per heavy atom. The second-order valence-electron chi connectivity index (χ2n) is 3.62. The van der Waals surface area contributed by atoms with Gasteiger partial charge in [0, 0.05) is 0 Å². The molecule has 1 aromatic heterocycles. The molecule has 0 bridgehead atoms. The lowest BCUT2D eigenvalue weighted by Crippen LogP contribution is -2.30. The van der Waals surface area contributed by atoms with Gasteiger partial charge in [-0.3, -0.25) is 10.2 Å². The maximum Gasteiger partial charge on any atom is 0.289 e. The number of nitrogens with two attached hydrogens (primary N) is 1. The van der Waals surface area contributed by atoms with Gasteiger partial charge in [-0.25, -0.2) is 10.5 Å². The fraction of sp³-hybridized carbons (Fsp3) is 0.0909. The fourth-order valence-corrected chi connectivity index (χ4v) is 1.42. The quantitative estimate of drug-likeness (QED) is 0.399. The molecule has 1 aromatic carbocycles. The molecule has 88 valence electrons. The largest absolute Gasteiger partial charge is 0.504 e.